The van der Waals surface area contributed by atoms with Gasteiger partial charge in [-0.15, -0.1) is 11.3 Å². The maximum atomic E-state index is 6.09. The van der Waals surface area contributed by atoms with Crippen LogP contribution in [0, 0.1) is 0 Å². The molecule has 0 aliphatic heterocycles. The Morgan fingerprint density at radius 3 is 2.00 bits per heavy atom. The van der Waals surface area contributed by atoms with Gasteiger partial charge in [-0.25, -0.2) is 0 Å². The fourth-order valence-corrected chi connectivity index (χ4v) is 8.11. The first-order valence-electron chi connectivity index (χ1n) is 15.9. The number of ether oxygens (including phenoxy) is 2. The average Bonchev–Trinajstić information content (AvgIpc) is 3.33. The van der Waals surface area contributed by atoms with Gasteiger partial charge in [-0.05, 0) is 109 Å². The van der Waals surface area contributed by atoms with Crippen molar-refractivity contribution in [2.45, 2.75) is 97.0 Å². The lowest BCUT2D eigenvalue weighted by molar-refractivity contribution is 0.116. The number of hydrogen-bond donors (Lipinski definition) is 0. The topological polar surface area (TPSA) is 18.5 Å². The molecule has 0 atom stereocenters. The zero-order chi connectivity index (χ0) is 29.4. The van der Waals surface area contributed by atoms with E-state index in [1.807, 2.05) is 0 Å². The van der Waals surface area contributed by atoms with Crippen LogP contribution in [0.3, 0.4) is 0 Å². The molecule has 1 heterocycles. The van der Waals surface area contributed by atoms with E-state index in [-0.39, 0.29) is 0 Å². The molecular formula is C37H46Br2O2S. The molecule has 1 aromatic heterocycles. The molecule has 0 saturated carbocycles. The van der Waals surface area contributed by atoms with E-state index in [0.29, 0.717) is 6.61 Å². The van der Waals surface area contributed by atoms with E-state index >= 15 is 0 Å². The van der Waals surface area contributed by atoms with E-state index in [0.717, 1.165) is 39.4 Å². The summed E-state index contributed by atoms with van der Waals surface area (Å²) < 4.78 is 14.2. The number of thiophene rings is 1. The van der Waals surface area contributed by atoms with E-state index in [2.05, 4.69) is 106 Å². The molecule has 0 aliphatic carbocycles. The number of rotatable bonds is 20. The van der Waals surface area contributed by atoms with Crippen molar-refractivity contribution in [3.63, 3.8) is 0 Å². The molecule has 0 unspecified atom stereocenters. The minimum Gasteiger partial charge on any atom is -0.494 e. The summed E-state index contributed by atoms with van der Waals surface area (Å²) in [6.45, 7) is 4.57. The van der Waals surface area contributed by atoms with Crippen molar-refractivity contribution in [1.82, 2.24) is 0 Å². The van der Waals surface area contributed by atoms with Crippen molar-refractivity contribution in [1.29, 1.82) is 0 Å². The molecule has 0 fully saturated rings. The average molecular weight is 715 g/mol. The van der Waals surface area contributed by atoms with Crippen LogP contribution in [0.4, 0.5) is 0 Å². The lowest BCUT2D eigenvalue weighted by Gasteiger charge is -2.09. The maximum Gasteiger partial charge on any atom is 0.119 e. The fraction of sp³-hybridized carbons (Fsp3) is 0.459. The summed E-state index contributed by atoms with van der Waals surface area (Å²) in [5, 5.41) is 2.49. The summed E-state index contributed by atoms with van der Waals surface area (Å²) in [5.41, 5.74) is 5.24. The van der Waals surface area contributed by atoms with Crippen molar-refractivity contribution >= 4 is 54.0 Å². The summed E-state index contributed by atoms with van der Waals surface area (Å²) in [7, 11) is 0. The standard InChI is InChI=1S/C37H46Br2O2S/c1-2-3-4-5-8-11-14-29-15-17-30(18-16-29)31-19-20-33-26-35(22-21-32(33)25-31)41-24-13-10-7-6-9-12-23-40-28-34-27-36(38)42-37(34)39/h15-22,25-27H,2-14,23-24,28H2,1H3. The van der Waals surface area contributed by atoms with Gasteiger partial charge in [0.05, 0.1) is 20.8 Å². The van der Waals surface area contributed by atoms with Crippen molar-refractivity contribution in [2.24, 2.45) is 0 Å². The highest BCUT2D eigenvalue weighted by molar-refractivity contribution is 9.12. The second-order valence-electron chi connectivity index (χ2n) is 11.3. The van der Waals surface area contributed by atoms with Gasteiger partial charge in [-0.2, -0.15) is 0 Å². The third-order valence-electron chi connectivity index (χ3n) is 7.85. The summed E-state index contributed by atoms with van der Waals surface area (Å²) in [6, 6.07) is 24.6. The van der Waals surface area contributed by atoms with Gasteiger partial charge in [0.1, 0.15) is 5.75 Å². The normalized spacial score (nSPS) is 11.4. The van der Waals surface area contributed by atoms with Gasteiger partial charge in [-0.3, -0.25) is 0 Å². The fourth-order valence-electron chi connectivity index (χ4n) is 5.32. The van der Waals surface area contributed by atoms with Gasteiger partial charge in [-0.1, -0.05) is 107 Å². The summed E-state index contributed by atoms with van der Waals surface area (Å²) in [4.78, 5) is 0. The first-order valence-corrected chi connectivity index (χ1v) is 18.3. The minimum atomic E-state index is 0.684. The lowest BCUT2D eigenvalue weighted by atomic mass is 9.98. The van der Waals surface area contributed by atoms with Crippen LogP contribution >= 0.6 is 43.2 Å². The number of halogens is 2. The highest BCUT2D eigenvalue weighted by Gasteiger charge is 2.06. The van der Waals surface area contributed by atoms with Gasteiger partial charge >= 0.3 is 0 Å². The Hall–Kier alpha value is -1.66. The molecule has 0 amide bonds. The molecule has 3 aromatic carbocycles. The van der Waals surface area contributed by atoms with E-state index in [9.17, 15) is 0 Å². The first-order chi connectivity index (χ1) is 20.6. The Morgan fingerprint density at radius 2 is 1.26 bits per heavy atom. The second-order valence-corrected chi connectivity index (χ2v) is 15.1. The van der Waals surface area contributed by atoms with E-state index < -0.39 is 0 Å². The zero-order valence-corrected chi connectivity index (χ0v) is 29.1. The van der Waals surface area contributed by atoms with Crippen molar-refractivity contribution in [3.8, 4) is 16.9 Å². The Kier molecular flexibility index (Phi) is 14.9. The smallest absolute Gasteiger partial charge is 0.119 e. The predicted molar refractivity (Wildman–Crippen MR) is 189 cm³/mol. The molecule has 0 radical (unpaired) electrons. The van der Waals surface area contributed by atoms with Crippen LogP contribution in [0.25, 0.3) is 21.9 Å². The van der Waals surface area contributed by atoms with Crippen LogP contribution in [0.15, 0.2) is 74.3 Å². The lowest BCUT2D eigenvalue weighted by Crippen LogP contribution is -1.98. The molecule has 4 rings (SSSR count). The molecule has 0 spiro atoms. The predicted octanol–water partition coefficient (Wildman–Crippen LogP) is 12.9. The van der Waals surface area contributed by atoms with E-state index in [1.54, 1.807) is 11.3 Å². The number of hydrogen-bond acceptors (Lipinski definition) is 3. The number of fused-ring (bicyclic) bond motifs is 1. The highest BCUT2D eigenvalue weighted by Crippen LogP contribution is 2.32. The van der Waals surface area contributed by atoms with Crippen LogP contribution in [0.1, 0.15) is 95.1 Å². The maximum absolute atomic E-state index is 6.09. The Labute approximate surface area is 274 Å². The first kappa shape index (κ1) is 33.2. The van der Waals surface area contributed by atoms with Gasteiger partial charge in [0, 0.05) is 12.2 Å². The third-order valence-corrected chi connectivity index (χ3v) is 10.3. The molecule has 0 bridgehead atoms. The molecule has 5 heteroatoms. The zero-order valence-electron chi connectivity index (χ0n) is 25.1. The summed E-state index contributed by atoms with van der Waals surface area (Å²) in [6.07, 6.45) is 16.5. The Balaban J connectivity index is 1.09. The van der Waals surface area contributed by atoms with E-state index in [1.165, 1.54) is 104 Å². The van der Waals surface area contributed by atoms with Crippen molar-refractivity contribution in [3.05, 3.63) is 85.4 Å². The van der Waals surface area contributed by atoms with Crippen molar-refractivity contribution in [2.75, 3.05) is 13.2 Å². The van der Waals surface area contributed by atoms with Crippen molar-refractivity contribution < 1.29 is 9.47 Å². The largest absolute Gasteiger partial charge is 0.494 e. The summed E-state index contributed by atoms with van der Waals surface area (Å²) >= 11 is 8.80. The Bertz CT molecular complexity index is 1330. The van der Waals surface area contributed by atoms with Gasteiger partial charge < -0.3 is 9.47 Å². The minimum absolute atomic E-state index is 0.684. The van der Waals surface area contributed by atoms with Crippen LogP contribution in [0.5, 0.6) is 5.75 Å². The highest BCUT2D eigenvalue weighted by atomic mass is 79.9. The number of unbranched alkanes of at least 4 members (excludes halogenated alkanes) is 10. The monoisotopic (exact) mass is 712 g/mol. The van der Waals surface area contributed by atoms with E-state index in [4.69, 9.17) is 9.47 Å². The molecule has 0 aliphatic rings. The second kappa shape index (κ2) is 18.9. The number of benzene rings is 3. The number of aryl methyl sites for hydroxylation is 1. The Morgan fingerprint density at radius 1 is 0.619 bits per heavy atom. The van der Waals surface area contributed by atoms with Gasteiger partial charge in [0.15, 0.2) is 0 Å². The third kappa shape index (κ3) is 11.4. The summed E-state index contributed by atoms with van der Waals surface area (Å²) in [5.74, 6) is 0.968. The molecule has 0 N–H and O–H groups in total. The van der Waals surface area contributed by atoms with Gasteiger partial charge in [0.2, 0.25) is 0 Å². The van der Waals surface area contributed by atoms with Crippen LogP contribution in [0.2, 0.25) is 0 Å². The van der Waals surface area contributed by atoms with Crippen LogP contribution < -0.4 is 4.74 Å². The van der Waals surface area contributed by atoms with Gasteiger partial charge in [0.25, 0.3) is 0 Å². The molecule has 2 nitrogen and oxygen atoms in total. The quantitative estimate of drug-likeness (QED) is 0.0849. The molecule has 0 saturated heterocycles. The SMILES string of the molecule is CCCCCCCCc1ccc(-c2ccc3cc(OCCCCCCCCOCc4cc(Br)sc4Br)ccc3c2)cc1. The molecule has 226 valence electrons. The molecular weight excluding hydrogens is 668 g/mol. The molecule has 4 aromatic rings. The van der Waals surface area contributed by atoms with Crippen LogP contribution in [-0.2, 0) is 17.8 Å². The van der Waals surface area contributed by atoms with Crippen LogP contribution in [-0.4, -0.2) is 13.2 Å². The molecule has 42 heavy (non-hydrogen) atoms.